The van der Waals surface area contributed by atoms with Gasteiger partial charge < -0.3 is 27.9 Å². The Morgan fingerprint density at radius 3 is 2.14 bits per heavy atom. The van der Waals surface area contributed by atoms with Crippen molar-refractivity contribution in [2.75, 3.05) is 30.5 Å². The maximum atomic E-state index is 14.0. The fourth-order valence-electron chi connectivity index (χ4n) is 9.31. The number of aromatic nitrogens is 7. The number of aryl methyl sites for hydroxylation is 2. The number of amides is 2. The van der Waals surface area contributed by atoms with Crippen molar-refractivity contribution >= 4 is 89.6 Å². The molecule has 0 N–H and O–H groups in total. The first kappa shape index (κ1) is 47.0. The SMILES string of the molecule is CCN(C(=O)Cn1nc(-c2cccc(Cl)c2)c2ccc(OC)cc2c1=O)c1ccc2nc(CCc3nc4ccc(N(C)C(=O)Cn5ncc6c(c5=O)c5ccccc5n6Cc5ccc(C#N)cc5)cc4o3)oc2c1. The van der Waals surface area contributed by atoms with E-state index in [1.165, 1.54) is 21.4 Å². The molecular weight excluding hydrogens is 960 g/mol. The van der Waals surface area contributed by atoms with Crippen molar-refractivity contribution in [1.82, 2.24) is 34.1 Å². The summed E-state index contributed by atoms with van der Waals surface area (Å²) in [4.78, 5) is 68.0. The Balaban J connectivity index is 0.769. The molecule has 0 atom stereocenters. The Kier molecular flexibility index (Phi) is 12.3. The van der Waals surface area contributed by atoms with Crippen LogP contribution >= 0.6 is 11.6 Å². The van der Waals surface area contributed by atoms with E-state index in [2.05, 4.69) is 26.2 Å². The number of carbonyl (C=O) groups is 2. The van der Waals surface area contributed by atoms with Gasteiger partial charge >= 0.3 is 0 Å². The molecule has 0 saturated heterocycles. The van der Waals surface area contributed by atoms with Crippen molar-refractivity contribution in [1.29, 1.82) is 5.26 Å². The zero-order valence-corrected chi connectivity index (χ0v) is 40.9. The summed E-state index contributed by atoms with van der Waals surface area (Å²) in [7, 11) is 3.15. The maximum Gasteiger partial charge on any atom is 0.277 e. The predicted molar refractivity (Wildman–Crippen MR) is 282 cm³/mol. The van der Waals surface area contributed by atoms with Crippen molar-refractivity contribution < 1.29 is 23.2 Å². The van der Waals surface area contributed by atoms with Crippen molar-refractivity contribution in [2.45, 2.75) is 39.4 Å². The average molecular weight is 1000 g/mol. The standard InChI is InChI=1S/C56H43ClN10O7/c1-4-64(52(69)32-67-55(70)42-27-39(72-3)18-19-40(42)54(62-67)35-8-7-9-36(57)24-35)38-17-21-44-48(26-38)74-50(61-44)23-22-49-60-43-20-16-37(25-47(43)73-49)63(2)51(68)31-66-56(71)53-41-10-5-6-11-45(41)65(46(53)29-59-66)30-34-14-12-33(28-58)13-15-34/h5-21,24-27,29H,4,22-23,30-32H2,1-3H3. The van der Waals surface area contributed by atoms with E-state index in [1.54, 1.807) is 103 Å². The maximum absolute atomic E-state index is 14.0. The van der Waals surface area contributed by atoms with Gasteiger partial charge in [0.1, 0.15) is 29.9 Å². The van der Waals surface area contributed by atoms with E-state index >= 15 is 0 Å². The van der Waals surface area contributed by atoms with E-state index in [1.807, 2.05) is 54.0 Å². The summed E-state index contributed by atoms with van der Waals surface area (Å²) >= 11 is 6.34. The number of rotatable bonds is 14. The topological polar surface area (TPSA) is 200 Å². The summed E-state index contributed by atoms with van der Waals surface area (Å²) in [5.74, 6) is 0.640. The van der Waals surface area contributed by atoms with Gasteiger partial charge in [-0.25, -0.2) is 19.3 Å². The Bertz CT molecular complexity index is 4200. The number of oxazole rings is 2. The number of likely N-dealkylation sites (N-methyl/N-ethyl adjacent to an activating group) is 2. The molecule has 6 aromatic carbocycles. The van der Waals surface area contributed by atoms with Gasteiger partial charge in [-0.15, -0.1) is 0 Å². The molecule has 11 aromatic rings. The summed E-state index contributed by atoms with van der Waals surface area (Å²) in [6.07, 6.45) is 2.33. The number of anilines is 2. The number of fused-ring (bicyclic) bond motifs is 6. The van der Waals surface area contributed by atoms with E-state index in [0.29, 0.717) is 121 Å². The largest absolute Gasteiger partial charge is 0.497 e. The molecule has 74 heavy (non-hydrogen) atoms. The highest BCUT2D eigenvalue weighted by Crippen LogP contribution is 2.31. The van der Waals surface area contributed by atoms with Gasteiger partial charge in [0.25, 0.3) is 11.1 Å². The van der Waals surface area contributed by atoms with Crippen LogP contribution in [0.1, 0.15) is 29.8 Å². The van der Waals surface area contributed by atoms with E-state index in [4.69, 9.17) is 25.2 Å². The molecule has 18 heteroatoms. The fraction of sp³-hybridized carbons (Fsp3) is 0.161. The van der Waals surface area contributed by atoms with Gasteiger partial charge in [0, 0.05) is 83.4 Å². The van der Waals surface area contributed by atoms with Crippen molar-refractivity contribution in [3.05, 3.63) is 182 Å². The van der Waals surface area contributed by atoms with Gasteiger partial charge in [-0.3, -0.25) is 19.2 Å². The molecule has 5 heterocycles. The molecule has 366 valence electrons. The number of nitriles is 1. The highest BCUT2D eigenvalue weighted by atomic mass is 35.5. The van der Waals surface area contributed by atoms with Gasteiger partial charge in [0.05, 0.1) is 46.9 Å². The minimum atomic E-state index is -0.441. The molecule has 2 amide bonds. The molecule has 17 nitrogen and oxygen atoms in total. The van der Waals surface area contributed by atoms with E-state index in [9.17, 15) is 24.4 Å². The second kappa shape index (κ2) is 19.3. The number of benzene rings is 6. The summed E-state index contributed by atoms with van der Waals surface area (Å²) < 4.78 is 22.1. The molecule has 0 saturated carbocycles. The zero-order valence-electron chi connectivity index (χ0n) is 40.2. The van der Waals surface area contributed by atoms with Crippen LogP contribution in [0.3, 0.4) is 0 Å². The second-order valence-electron chi connectivity index (χ2n) is 17.6. The number of para-hydroxylation sites is 1. The second-order valence-corrected chi connectivity index (χ2v) is 18.1. The third-order valence-corrected chi connectivity index (χ3v) is 13.3. The number of carbonyl (C=O) groups excluding carboxylic acids is 2. The summed E-state index contributed by atoms with van der Waals surface area (Å²) in [6.45, 7) is 1.97. The summed E-state index contributed by atoms with van der Waals surface area (Å²) in [5, 5.41) is 21.0. The van der Waals surface area contributed by atoms with E-state index in [-0.39, 0.29) is 30.5 Å². The number of methoxy groups -OCH3 is 1. The van der Waals surface area contributed by atoms with Crippen LogP contribution in [0.15, 0.2) is 152 Å². The smallest absolute Gasteiger partial charge is 0.277 e. The Morgan fingerprint density at radius 1 is 0.730 bits per heavy atom. The van der Waals surface area contributed by atoms with Gasteiger partial charge in [-0.05, 0) is 85.3 Å². The first-order valence-corrected chi connectivity index (χ1v) is 24.0. The molecule has 0 bridgehead atoms. The lowest BCUT2D eigenvalue weighted by Gasteiger charge is -2.21. The molecule has 0 aliphatic carbocycles. The minimum Gasteiger partial charge on any atom is -0.497 e. The molecule has 0 fully saturated rings. The Labute approximate surface area is 425 Å². The molecule has 0 unspecified atom stereocenters. The highest BCUT2D eigenvalue weighted by molar-refractivity contribution is 6.30. The van der Waals surface area contributed by atoms with Crippen LogP contribution in [0.4, 0.5) is 11.4 Å². The predicted octanol–water partition coefficient (Wildman–Crippen LogP) is 9.09. The first-order chi connectivity index (χ1) is 36.0. The summed E-state index contributed by atoms with van der Waals surface area (Å²) in [6, 6.07) is 39.9. The van der Waals surface area contributed by atoms with Crippen LogP contribution in [-0.4, -0.2) is 66.6 Å². The number of nitrogens with zero attached hydrogens (tertiary/aromatic N) is 10. The number of hydrogen-bond acceptors (Lipinski definition) is 12. The molecule has 11 rings (SSSR count). The van der Waals surface area contributed by atoms with Gasteiger partial charge in [0.15, 0.2) is 22.9 Å². The van der Waals surface area contributed by atoms with Crippen LogP contribution in [0.5, 0.6) is 5.75 Å². The molecule has 5 aromatic heterocycles. The quantitative estimate of drug-likeness (QED) is 0.100. The van der Waals surface area contributed by atoms with Crippen LogP contribution in [0, 0.1) is 11.3 Å². The van der Waals surface area contributed by atoms with Crippen molar-refractivity contribution in [2.24, 2.45) is 0 Å². The van der Waals surface area contributed by atoms with Gasteiger partial charge in [0.2, 0.25) is 11.8 Å². The lowest BCUT2D eigenvalue weighted by molar-refractivity contribution is -0.120. The van der Waals surface area contributed by atoms with Crippen LogP contribution < -0.4 is 25.7 Å². The third-order valence-electron chi connectivity index (χ3n) is 13.1. The molecule has 0 spiro atoms. The minimum absolute atomic E-state index is 0.300. The Morgan fingerprint density at radius 2 is 1.43 bits per heavy atom. The lowest BCUT2D eigenvalue weighted by Crippen LogP contribution is -2.37. The van der Waals surface area contributed by atoms with Gasteiger partial charge in [-0.2, -0.15) is 15.5 Å². The zero-order chi connectivity index (χ0) is 51.2. The fourth-order valence-corrected chi connectivity index (χ4v) is 9.50. The summed E-state index contributed by atoms with van der Waals surface area (Å²) in [5.41, 5.74) is 6.60. The number of halogens is 1. The van der Waals surface area contributed by atoms with E-state index in [0.717, 1.165) is 16.5 Å². The number of ether oxygens (including phenoxy) is 1. The molecule has 0 radical (unpaired) electrons. The normalized spacial score (nSPS) is 11.5. The molecule has 0 aliphatic heterocycles. The Hall–Kier alpha value is -9.40. The van der Waals surface area contributed by atoms with Crippen molar-refractivity contribution in [3.63, 3.8) is 0 Å². The molecule has 0 aliphatic rings. The number of hydrogen-bond donors (Lipinski definition) is 0. The third kappa shape index (κ3) is 8.77. The van der Waals surface area contributed by atoms with Gasteiger partial charge in [-0.1, -0.05) is 54.1 Å². The van der Waals surface area contributed by atoms with Crippen LogP contribution in [-0.2, 0) is 42.1 Å². The monoisotopic (exact) mass is 1000 g/mol. The van der Waals surface area contributed by atoms with Crippen LogP contribution in [0.25, 0.3) is 66.0 Å². The first-order valence-electron chi connectivity index (χ1n) is 23.6. The van der Waals surface area contributed by atoms with Crippen molar-refractivity contribution in [3.8, 4) is 23.1 Å². The highest BCUT2D eigenvalue weighted by Gasteiger charge is 2.23. The average Bonchev–Trinajstić information content (AvgIpc) is 4.13. The lowest BCUT2D eigenvalue weighted by atomic mass is 10.0. The van der Waals surface area contributed by atoms with Crippen LogP contribution in [0.2, 0.25) is 5.02 Å². The van der Waals surface area contributed by atoms with E-state index < -0.39 is 5.56 Å². The molecular formula is C56H43ClN10O7.